The number of hydrogen-bond donors (Lipinski definition) is 3. The summed E-state index contributed by atoms with van der Waals surface area (Å²) in [4.78, 5) is 45.8. The number of carbonyl (C=O) groups excluding carboxylic acids is 2. The van der Waals surface area contributed by atoms with Crippen molar-refractivity contribution in [3.63, 3.8) is 0 Å². The van der Waals surface area contributed by atoms with Gasteiger partial charge in [0.05, 0.1) is 43.1 Å². The van der Waals surface area contributed by atoms with Crippen molar-refractivity contribution < 1.29 is 33.5 Å². The van der Waals surface area contributed by atoms with Gasteiger partial charge in [-0.2, -0.15) is 0 Å². The van der Waals surface area contributed by atoms with E-state index in [1.165, 1.54) is 23.4 Å². The van der Waals surface area contributed by atoms with Crippen LogP contribution in [0, 0.1) is 5.82 Å². The molecule has 2 aliphatic rings. The molecule has 3 atom stereocenters. The first-order chi connectivity index (χ1) is 19.3. The molecule has 1 aromatic carbocycles. The molecule has 2 aromatic heterocycles. The smallest absolute Gasteiger partial charge is 0.414 e. The van der Waals surface area contributed by atoms with E-state index < -0.39 is 48.5 Å². The van der Waals surface area contributed by atoms with Crippen LogP contribution < -0.4 is 16.0 Å². The summed E-state index contributed by atoms with van der Waals surface area (Å²) < 4.78 is 22.0. The summed E-state index contributed by atoms with van der Waals surface area (Å²) in [5.41, 5.74) is 7.51. The Morgan fingerprint density at radius 1 is 1.25 bits per heavy atom. The number of nitrogens with zero attached hydrogens (tertiary/aromatic N) is 6. The standard InChI is InChI=1S/C25H25FN8O6/c26-19-7-15(34-13-17(39-25(34)38)12-33-6-5-30-32-33)2-3-18(19)14-1-4-20(28-10-14)21-8-16(40-31-21)11-29-22(24(27)37)9-23(35)36/h1-7,10,16-17,22,29H,8-9,11-13H2,(H2,27,37)(H,35,36)/t16-,17-,22-/m0/s1. The molecular weight excluding hydrogens is 527 g/mol. The van der Waals surface area contributed by atoms with Gasteiger partial charge < -0.3 is 25.7 Å². The summed E-state index contributed by atoms with van der Waals surface area (Å²) in [6, 6.07) is 6.84. The Morgan fingerprint density at radius 2 is 2.10 bits per heavy atom. The first-order valence-corrected chi connectivity index (χ1v) is 12.3. The third-order valence-electron chi connectivity index (χ3n) is 6.42. The van der Waals surface area contributed by atoms with Gasteiger partial charge in [0.2, 0.25) is 5.91 Å². The van der Waals surface area contributed by atoms with Crippen LogP contribution in [0.4, 0.5) is 14.9 Å². The lowest BCUT2D eigenvalue weighted by Gasteiger charge is -2.15. The Bertz CT molecular complexity index is 1430. The van der Waals surface area contributed by atoms with Crippen LogP contribution in [0.3, 0.4) is 0 Å². The van der Waals surface area contributed by atoms with Gasteiger partial charge in [0.15, 0.2) is 0 Å². The number of aromatic nitrogens is 4. The molecule has 4 N–H and O–H groups in total. The Balaban J connectivity index is 1.19. The van der Waals surface area contributed by atoms with E-state index in [0.29, 0.717) is 41.2 Å². The zero-order valence-electron chi connectivity index (χ0n) is 21.0. The Labute approximate surface area is 226 Å². The molecule has 208 valence electrons. The third kappa shape index (κ3) is 6.04. The van der Waals surface area contributed by atoms with E-state index in [-0.39, 0.29) is 13.1 Å². The van der Waals surface area contributed by atoms with Gasteiger partial charge in [0, 0.05) is 36.5 Å². The van der Waals surface area contributed by atoms with E-state index in [1.807, 2.05) is 0 Å². The predicted octanol–water partition coefficient (Wildman–Crippen LogP) is 0.916. The molecule has 0 spiro atoms. The number of carbonyl (C=O) groups is 3. The fraction of sp³-hybridized carbons (Fsp3) is 0.320. The lowest BCUT2D eigenvalue weighted by Crippen LogP contribution is -2.45. The lowest BCUT2D eigenvalue weighted by molar-refractivity contribution is -0.139. The summed E-state index contributed by atoms with van der Waals surface area (Å²) in [5.74, 6) is -2.45. The number of aliphatic carboxylic acids is 1. The van der Waals surface area contributed by atoms with Crippen molar-refractivity contribution in [1.82, 2.24) is 25.3 Å². The van der Waals surface area contributed by atoms with Crippen LogP contribution in [0.25, 0.3) is 11.1 Å². The molecule has 0 bridgehead atoms. The second-order valence-corrected chi connectivity index (χ2v) is 9.27. The lowest BCUT2D eigenvalue weighted by atomic mass is 10.0. The number of benzene rings is 1. The number of primary amides is 1. The van der Waals surface area contributed by atoms with Gasteiger partial charge in [-0.15, -0.1) is 5.10 Å². The summed E-state index contributed by atoms with van der Waals surface area (Å²) >= 11 is 0. The van der Waals surface area contributed by atoms with Crippen molar-refractivity contribution in [3.05, 3.63) is 60.4 Å². The van der Waals surface area contributed by atoms with Crippen molar-refractivity contribution >= 4 is 29.4 Å². The highest BCUT2D eigenvalue weighted by Gasteiger charge is 2.33. The number of halogens is 1. The molecule has 0 aliphatic carbocycles. The molecule has 1 fully saturated rings. The summed E-state index contributed by atoms with van der Waals surface area (Å²) in [7, 11) is 0. The number of anilines is 1. The van der Waals surface area contributed by atoms with Crippen LogP contribution in [-0.2, 0) is 25.7 Å². The number of carboxylic acids is 1. The number of nitrogens with one attached hydrogen (secondary N) is 1. The van der Waals surface area contributed by atoms with Crippen molar-refractivity contribution in [1.29, 1.82) is 0 Å². The highest BCUT2D eigenvalue weighted by atomic mass is 19.1. The van der Waals surface area contributed by atoms with E-state index in [2.05, 4.69) is 25.8 Å². The van der Waals surface area contributed by atoms with Gasteiger partial charge >= 0.3 is 12.1 Å². The van der Waals surface area contributed by atoms with E-state index in [4.69, 9.17) is 20.4 Å². The number of carboxylic acid groups (broad SMARTS) is 1. The average molecular weight is 553 g/mol. The van der Waals surface area contributed by atoms with E-state index in [0.717, 1.165) is 0 Å². The van der Waals surface area contributed by atoms with Crippen LogP contribution in [0.1, 0.15) is 18.5 Å². The van der Waals surface area contributed by atoms with Gasteiger partial charge in [-0.25, -0.2) is 13.9 Å². The van der Waals surface area contributed by atoms with Crippen molar-refractivity contribution in [2.45, 2.75) is 37.6 Å². The number of hydrogen-bond acceptors (Lipinski definition) is 10. The third-order valence-corrected chi connectivity index (χ3v) is 6.42. The van der Waals surface area contributed by atoms with Gasteiger partial charge in [-0.3, -0.25) is 19.5 Å². The van der Waals surface area contributed by atoms with Gasteiger partial charge in [-0.1, -0.05) is 16.4 Å². The summed E-state index contributed by atoms with van der Waals surface area (Å²) in [5, 5.41) is 23.3. The molecule has 0 radical (unpaired) electrons. The van der Waals surface area contributed by atoms with Crippen molar-refractivity contribution in [3.8, 4) is 11.1 Å². The fourth-order valence-corrected chi connectivity index (χ4v) is 4.41. The molecule has 2 aliphatic heterocycles. The van der Waals surface area contributed by atoms with E-state index in [1.54, 1.807) is 35.1 Å². The largest absolute Gasteiger partial charge is 0.481 e. The molecular formula is C25H25FN8O6. The van der Waals surface area contributed by atoms with E-state index in [9.17, 15) is 14.4 Å². The number of nitrogens with two attached hydrogens (primary N) is 1. The molecule has 14 nitrogen and oxygen atoms in total. The molecule has 2 amide bonds. The SMILES string of the molecule is NC(=O)[C@H](CC(=O)O)NC[C@@H]1CC(c2ccc(-c3ccc(N4C[C@H](Cn5ccnn5)OC4=O)cc3F)cn2)=NO1. The van der Waals surface area contributed by atoms with Crippen LogP contribution >= 0.6 is 0 Å². The Morgan fingerprint density at radius 3 is 2.77 bits per heavy atom. The zero-order valence-corrected chi connectivity index (χ0v) is 21.0. The minimum Gasteiger partial charge on any atom is -0.481 e. The zero-order chi connectivity index (χ0) is 28.2. The molecule has 3 aromatic rings. The molecule has 40 heavy (non-hydrogen) atoms. The quantitative estimate of drug-likeness (QED) is 0.309. The second kappa shape index (κ2) is 11.4. The van der Waals surface area contributed by atoms with Crippen LogP contribution in [0.2, 0.25) is 0 Å². The fourth-order valence-electron chi connectivity index (χ4n) is 4.41. The van der Waals surface area contributed by atoms with Crippen LogP contribution in [0.15, 0.2) is 54.1 Å². The maximum atomic E-state index is 15.1. The second-order valence-electron chi connectivity index (χ2n) is 9.27. The average Bonchev–Trinajstić information content (AvgIpc) is 3.68. The van der Waals surface area contributed by atoms with Crippen LogP contribution in [0.5, 0.6) is 0 Å². The Kier molecular flexibility index (Phi) is 7.63. The molecule has 1 saturated heterocycles. The normalized spacial score (nSPS) is 19.2. The number of rotatable bonds is 11. The highest BCUT2D eigenvalue weighted by molar-refractivity contribution is 6.00. The number of ether oxygens (including phenoxy) is 1. The molecule has 15 heteroatoms. The first-order valence-electron chi connectivity index (χ1n) is 12.3. The molecule has 5 rings (SSSR count). The Hall–Kier alpha value is -4.92. The van der Waals surface area contributed by atoms with Crippen LogP contribution in [-0.4, -0.2) is 80.1 Å². The van der Waals surface area contributed by atoms with Gasteiger partial charge in [0.1, 0.15) is 23.7 Å². The van der Waals surface area contributed by atoms with E-state index >= 15 is 4.39 Å². The van der Waals surface area contributed by atoms with Crippen molar-refractivity contribution in [2.24, 2.45) is 10.9 Å². The topological polar surface area (TPSA) is 187 Å². The minimum absolute atomic E-state index is 0.162. The monoisotopic (exact) mass is 552 g/mol. The summed E-state index contributed by atoms with van der Waals surface area (Å²) in [6.45, 7) is 0.749. The highest BCUT2D eigenvalue weighted by Crippen LogP contribution is 2.29. The molecule has 0 unspecified atom stereocenters. The first kappa shape index (κ1) is 26.7. The van der Waals surface area contributed by atoms with Crippen molar-refractivity contribution in [2.75, 3.05) is 18.0 Å². The maximum Gasteiger partial charge on any atom is 0.414 e. The van der Waals surface area contributed by atoms with Gasteiger partial charge in [-0.05, 0) is 24.3 Å². The summed E-state index contributed by atoms with van der Waals surface area (Å²) in [6.07, 6.45) is 3.18. The molecule has 0 saturated carbocycles. The number of pyridine rings is 1. The van der Waals surface area contributed by atoms with Gasteiger partial charge in [0.25, 0.3) is 0 Å². The molecule has 4 heterocycles. The number of cyclic esters (lactones) is 1. The maximum absolute atomic E-state index is 15.1. The number of amides is 2. The number of oxime groups is 1. The predicted molar refractivity (Wildman–Crippen MR) is 137 cm³/mol. The minimum atomic E-state index is -1.15.